The molecule has 0 aliphatic heterocycles. The molecule has 1 N–H and O–H groups in total. The summed E-state index contributed by atoms with van der Waals surface area (Å²) < 4.78 is 6.20. The van der Waals surface area contributed by atoms with Crippen LogP contribution in [-0.4, -0.2) is 19.1 Å². The second kappa shape index (κ2) is 7.34. The van der Waals surface area contributed by atoms with Gasteiger partial charge in [0.05, 0.1) is 7.11 Å². The lowest BCUT2D eigenvalue weighted by atomic mass is 10.1. The average molecular weight is 326 g/mol. The van der Waals surface area contributed by atoms with Crippen LogP contribution in [0.3, 0.4) is 0 Å². The lowest BCUT2D eigenvalue weighted by molar-refractivity contribution is -0.117. The van der Waals surface area contributed by atoms with Gasteiger partial charge in [-0.2, -0.15) is 0 Å². The van der Waals surface area contributed by atoms with Crippen LogP contribution in [0.2, 0.25) is 0 Å². The minimum absolute atomic E-state index is 0.0942. The number of benzene rings is 1. The molecule has 19 heavy (non-hydrogen) atoms. The maximum absolute atomic E-state index is 11.8. The number of methoxy groups -OCH3 is 1. The zero-order chi connectivity index (χ0) is 14.4. The number of rotatable bonds is 5. The van der Waals surface area contributed by atoms with E-state index in [0.29, 0.717) is 5.92 Å². The highest BCUT2D eigenvalue weighted by molar-refractivity contribution is 9.10. The van der Waals surface area contributed by atoms with Crippen molar-refractivity contribution in [2.24, 2.45) is 5.92 Å². The molecular formula is C15H20BrNO2. The zero-order valence-corrected chi connectivity index (χ0v) is 13.3. The van der Waals surface area contributed by atoms with E-state index < -0.39 is 0 Å². The molecule has 0 heterocycles. The Labute approximate surface area is 123 Å². The van der Waals surface area contributed by atoms with Crippen molar-refractivity contribution in [2.45, 2.75) is 26.8 Å². The van der Waals surface area contributed by atoms with Crippen LogP contribution in [0.4, 0.5) is 0 Å². The minimum Gasteiger partial charge on any atom is -0.496 e. The first-order chi connectivity index (χ1) is 8.93. The summed E-state index contributed by atoms with van der Waals surface area (Å²) in [6, 6.07) is 5.82. The summed E-state index contributed by atoms with van der Waals surface area (Å²) in [5, 5.41) is 2.92. The molecule has 0 saturated heterocycles. The van der Waals surface area contributed by atoms with Crippen molar-refractivity contribution in [2.75, 3.05) is 7.11 Å². The molecule has 0 bridgehead atoms. The summed E-state index contributed by atoms with van der Waals surface area (Å²) in [5.41, 5.74) is 0.865. The maximum Gasteiger partial charge on any atom is 0.244 e. The first-order valence-corrected chi connectivity index (χ1v) is 7.05. The first-order valence-electron chi connectivity index (χ1n) is 6.26. The molecule has 0 radical (unpaired) electrons. The topological polar surface area (TPSA) is 38.3 Å². The van der Waals surface area contributed by atoms with Gasteiger partial charge < -0.3 is 10.1 Å². The largest absolute Gasteiger partial charge is 0.496 e. The third-order valence-corrected chi connectivity index (χ3v) is 3.47. The van der Waals surface area contributed by atoms with E-state index in [1.165, 1.54) is 6.08 Å². The van der Waals surface area contributed by atoms with Crippen molar-refractivity contribution in [1.29, 1.82) is 0 Å². The molecular weight excluding hydrogens is 306 g/mol. The predicted molar refractivity (Wildman–Crippen MR) is 82.2 cm³/mol. The zero-order valence-electron chi connectivity index (χ0n) is 11.7. The Morgan fingerprint density at radius 3 is 2.63 bits per heavy atom. The van der Waals surface area contributed by atoms with Crippen molar-refractivity contribution in [3.05, 3.63) is 34.3 Å². The molecule has 1 aromatic rings. The fourth-order valence-corrected chi connectivity index (χ4v) is 1.82. The van der Waals surface area contributed by atoms with Gasteiger partial charge in [-0.05, 0) is 37.1 Å². The number of carbonyl (C=O) groups is 1. The van der Waals surface area contributed by atoms with Gasteiger partial charge in [0, 0.05) is 22.2 Å². The summed E-state index contributed by atoms with van der Waals surface area (Å²) in [7, 11) is 1.61. The summed E-state index contributed by atoms with van der Waals surface area (Å²) in [4.78, 5) is 11.8. The maximum atomic E-state index is 11.8. The molecule has 0 fully saturated rings. The summed E-state index contributed by atoms with van der Waals surface area (Å²) in [6.45, 7) is 6.15. The summed E-state index contributed by atoms with van der Waals surface area (Å²) in [6.07, 6.45) is 3.29. The average Bonchev–Trinajstić information content (AvgIpc) is 2.36. The first kappa shape index (κ1) is 15.8. The van der Waals surface area contributed by atoms with E-state index in [0.717, 1.165) is 15.8 Å². The van der Waals surface area contributed by atoms with Gasteiger partial charge in [0.2, 0.25) is 5.91 Å². The molecule has 1 unspecified atom stereocenters. The van der Waals surface area contributed by atoms with E-state index in [9.17, 15) is 4.79 Å². The molecule has 1 atom stereocenters. The summed E-state index contributed by atoms with van der Waals surface area (Å²) >= 11 is 3.40. The lowest BCUT2D eigenvalue weighted by Gasteiger charge is -2.15. The second-order valence-electron chi connectivity index (χ2n) is 4.76. The van der Waals surface area contributed by atoms with Gasteiger partial charge in [0.25, 0.3) is 0 Å². The van der Waals surface area contributed by atoms with Crippen molar-refractivity contribution >= 4 is 27.9 Å². The Hall–Kier alpha value is -1.29. The van der Waals surface area contributed by atoms with Gasteiger partial charge in [-0.3, -0.25) is 4.79 Å². The highest BCUT2D eigenvalue weighted by Gasteiger charge is 2.08. The van der Waals surface area contributed by atoms with Crippen LogP contribution in [0.25, 0.3) is 6.08 Å². The van der Waals surface area contributed by atoms with E-state index in [1.807, 2.05) is 25.1 Å². The molecule has 3 nitrogen and oxygen atoms in total. The van der Waals surface area contributed by atoms with Crippen LogP contribution < -0.4 is 10.1 Å². The van der Waals surface area contributed by atoms with E-state index in [2.05, 4.69) is 35.1 Å². The summed E-state index contributed by atoms with van der Waals surface area (Å²) in [5.74, 6) is 1.06. The smallest absolute Gasteiger partial charge is 0.244 e. The third kappa shape index (κ3) is 5.07. The Morgan fingerprint density at radius 1 is 1.37 bits per heavy atom. The number of carbonyl (C=O) groups excluding carboxylic acids is 1. The standard InChI is InChI=1S/C15H20BrNO2/c1-10(2)11(3)17-15(18)8-5-12-9-13(16)6-7-14(12)19-4/h5-11H,1-4H3,(H,17,18). The van der Waals surface area contributed by atoms with Gasteiger partial charge >= 0.3 is 0 Å². The molecule has 0 spiro atoms. The molecule has 104 valence electrons. The molecule has 1 rings (SSSR count). The van der Waals surface area contributed by atoms with Gasteiger partial charge in [-0.1, -0.05) is 29.8 Å². The van der Waals surface area contributed by atoms with Gasteiger partial charge in [-0.15, -0.1) is 0 Å². The number of ether oxygens (including phenoxy) is 1. The van der Waals surface area contributed by atoms with E-state index in [1.54, 1.807) is 13.2 Å². The van der Waals surface area contributed by atoms with Gasteiger partial charge in [0.1, 0.15) is 5.75 Å². The van der Waals surface area contributed by atoms with Crippen molar-refractivity contribution in [1.82, 2.24) is 5.32 Å². The van der Waals surface area contributed by atoms with Gasteiger partial charge in [0.15, 0.2) is 0 Å². The minimum atomic E-state index is -0.0942. The Bertz CT molecular complexity index is 469. The Kier molecular flexibility index (Phi) is 6.09. The van der Waals surface area contributed by atoms with Crippen LogP contribution in [0.15, 0.2) is 28.7 Å². The monoisotopic (exact) mass is 325 g/mol. The quantitative estimate of drug-likeness (QED) is 0.839. The molecule has 1 aromatic carbocycles. The van der Waals surface area contributed by atoms with Crippen LogP contribution in [0.1, 0.15) is 26.3 Å². The highest BCUT2D eigenvalue weighted by atomic mass is 79.9. The van der Waals surface area contributed by atoms with Crippen LogP contribution in [0, 0.1) is 5.92 Å². The normalized spacial score (nSPS) is 12.7. The van der Waals surface area contributed by atoms with Crippen LogP contribution >= 0.6 is 15.9 Å². The lowest BCUT2D eigenvalue weighted by Crippen LogP contribution is -2.34. The molecule has 4 heteroatoms. The molecule has 1 amide bonds. The molecule has 0 saturated carbocycles. The van der Waals surface area contributed by atoms with Crippen molar-refractivity contribution in [3.63, 3.8) is 0 Å². The molecule has 0 aliphatic carbocycles. The Morgan fingerprint density at radius 2 is 2.05 bits per heavy atom. The second-order valence-corrected chi connectivity index (χ2v) is 5.68. The number of nitrogens with one attached hydrogen (secondary N) is 1. The molecule has 0 aliphatic rings. The van der Waals surface area contributed by atoms with Crippen LogP contribution in [-0.2, 0) is 4.79 Å². The SMILES string of the molecule is COc1ccc(Br)cc1C=CC(=O)NC(C)C(C)C. The van der Waals surface area contributed by atoms with E-state index in [-0.39, 0.29) is 11.9 Å². The van der Waals surface area contributed by atoms with E-state index in [4.69, 9.17) is 4.74 Å². The van der Waals surface area contributed by atoms with Crippen LogP contribution in [0.5, 0.6) is 5.75 Å². The molecule has 0 aromatic heterocycles. The fourth-order valence-electron chi connectivity index (χ4n) is 1.44. The van der Waals surface area contributed by atoms with E-state index >= 15 is 0 Å². The third-order valence-electron chi connectivity index (χ3n) is 2.98. The van der Waals surface area contributed by atoms with Gasteiger partial charge in [-0.25, -0.2) is 0 Å². The fraction of sp³-hybridized carbons (Fsp3) is 0.400. The Balaban J connectivity index is 2.76. The predicted octanol–water partition coefficient (Wildman–Crippen LogP) is 3.63. The number of amides is 1. The van der Waals surface area contributed by atoms with Crippen molar-refractivity contribution in [3.8, 4) is 5.75 Å². The highest BCUT2D eigenvalue weighted by Crippen LogP contribution is 2.24. The van der Waals surface area contributed by atoms with Crippen molar-refractivity contribution < 1.29 is 9.53 Å². The number of hydrogen-bond acceptors (Lipinski definition) is 2. The number of halogens is 1. The number of hydrogen-bond donors (Lipinski definition) is 1.